The van der Waals surface area contributed by atoms with Gasteiger partial charge in [-0.25, -0.2) is 4.98 Å². The van der Waals surface area contributed by atoms with Gasteiger partial charge in [-0.3, -0.25) is 0 Å². The van der Waals surface area contributed by atoms with E-state index in [0.29, 0.717) is 25.9 Å². The van der Waals surface area contributed by atoms with Gasteiger partial charge >= 0.3 is 0 Å². The molecule has 0 aromatic carbocycles. The molecule has 0 amide bonds. The number of aliphatic hydroxyl groups is 1. The van der Waals surface area contributed by atoms with Crippen molar-refractivity contribution in [1.82, 2.24) is 14.0 Å². The van der Waals surface area contributed by atoms with Gasteiger partial charge in [-0.05, 0) is 32.6 Å². The summed E-state index contributed by atoms with van der Waals surface area (Å²) in [4.78, 5) is 4.18. The summed E-state index contributed by atoms with van der Waals surface area (Å²) in [6, 6.07) is 0. The maximum absolute atomic E-state index is 12.4. The molecule has 114 valence electrons. The summed E-state index contributed by atoms with van der Waals surface area (Å²) in [6.45, 7) is 4.66. The number of aromatic nitrogens is 1. The van der Waals surface area contributed by atoms with Crippen molar-refractivity contribution in [2.75, 3.05) is 19.7 Å². The molecule has 0 aliphatic carbocycles. The SMILES string of the molecule is CC(C)(NS(=O)(=O)N1CCC(CO)CC1)c1nccs1. The molecule has 20 heavy (non-hydrogen) atoms. The lowest BCUT2D eigenvalue weighted by Gasteiger charge is -2.33. The van der Waals surface area contributed by atoms with E-state index in [1.54, 1.807) is 6.20 Å². The van der Waals surface area contributed by atoms with E-state index in [9.17, 15) is 8.42 Å². The molecule has 1 aliphatic rings. The zero-order valence-electron chi connectivity index (χ0n) is 11.7. The van der Waals surface area contributed by atoms with E-state index in [2.05, 4.69) is 9.71 Å². The van der Waals surface area contributed by atoms with Crippen molar-refractivity contribution in [3.05, 3.63) is 16.6 Å². The summed E-state index contributed by atoms with van der Waals surface area (Å²) in [7, 11) is -3.53. The number of rotatable bonds is 5. The zero-order chi connectivity index (χ0) is 14.8. The summed E-state index contributed by atoms with van der Waals surface area (Å²) in [5.41, 5.74) is -0.721. The van der Waals surface area contributed by atoms with E-state index in [1.165, 1.54) is 15.6 Å². The topological polar surface area (TPSA) is 82.5 Å². The molecule has 0 radical (unpaired) electrons. The molecule has 1 fully saturated rings. The first-order chi connectivity index (χ1) is 9.35. The first kappa shape index (κ1) is 15.8. The summed E-state index contributed by atoms with van der Waals surface area (Å²) in [5, 5.41) is 11.7. The highest BCUT2D eigenvalue weighted by Crippen LogP contribution is 2.25. The zero-order valence-corrected chi connectivity index (χ0v) is 13.4. The minimum Gasteiger partial charge on any atom is -0.396 e. The van der Waals surface area contributed by atoms with Crippen LogP contribution in [0, 0.1) is 5.92 Å². The molecule has 0 saturated carbocycles. The Balaban J connectivity index is 2.05. The van der Waals surface area contributed by atoms with Crippen LogP contribution < -0.4 is 4.72 Å². The maximum Gasteiger partial charge on any atom is 0.280 e. The molecule has 0 atom stereocenters. The Kier molecular flexibility index (Phi) is 4.80. The van der Waals surface area contributed by atoms with Gasteiger partial charge in [-0.15, -0.1) is 11.3 Å². The second kappa shape index (κ2) is 6.07. The number of piperidine rings is 1. The Morgan fingerprint density at radius 2 is 2.15 bits per heavy atom. The highest BCUT2D eigenvalue weighted by Gasteiger charge is 2.34. The van der Waals surface area contributed by atoms with Gasteiger partial charge in [0.1, 0.15) is 5.01 Å². The van der Waals surface area contributed by atoms with Crippen molar-refractivity contribution in [3.63, 3.8) is 0 Å². The first-order valence-corrected chi connectivity index (χ1v) is 8.97. The Hall–Kier alpha value is -0.540. The smallest absolute Gasteiger partial charge is 0.280 e. The molecule has 2 N–H and O–H groups in total. The standard InChI is InChI=1S/C12H21N3O3S2/c1-12(2,11-13-5-8-19-11)14-20(17,18)15-6-3-10(9-16)4-7-15/h5,8,10,14,16H,3-4,6-7,9H2,1-2H3. The lowest BCUT2D eigenvalue weighted by atomic mass is 10.00. The van der Waals surface area contributed by atoms with Crippen molar-refractivity contribution in [3.8, 4) is 0 Å². The van der Waals surface area contributed by atoms with E-state index in [4.69, 9.17) is 5.11 Å². The Labute approximate surface area is 124 Å². The van der Waals surface area contributed by atoms with Crippen LogP contribution in [0.2, 0.25) is 0 Å². The molecule has 1 saturated heterocycles. The van der Waals surface area contributed by atoms with E-state index in [-0.39, 0.29) is 12.5 Å². The Bertz CT molecular complexity index is 520. The number of nitrogens with one attached hydrogen (secondary N) is 1. The highest BCUT2D eigenvalue weighted by atomic mass is 32.2. The molecule has 2 rings (SSSR count). The van der Waals surface area contributed by atoms with Crippen LogP contribution >= 0.6 is 11.3 Å². The third-order valence-corrected chi connectivity index (χ3v) is 6.43. The molecule has 1 aromatic rings. The predicted molar refractivity (Wildman–Crippen MR) is 78.6 cm³/mol. The van der Waals surface area contributed by atoms with Crippen molar-refractivity contribution in [1.29, 1.82) is 0 Å². The summed E-state index contributed by atoms with van der Waals surface area (Å²) < 4.78 is 29.0. The third-order valence-electron chi connectivity index (χ3n) is 3.52. The fourth-order valence-corrected chi connectivity index (χ4v) is 4.64. The van der Waals surface area contributed by atoms with Crippen LogP contribution in [0.3, 0.4) is 0 Å². The second-order valence-corrected chi connectivity index (χ2v) is 8.16. The maximum atomic E-state index is 12.4. The van der Waals surface area contributed by atoms with E-state index in [1.807, 2.05) is 19.2 Å². The number of hydrogen-bond donors (Lipinski definition) is 2. The van der Waals surface area contributed by atoms with Gasteiger partial charge in [0.15, 0.2) is 0 Å². The molecule has 0 bridgehead atoms. The molecule has 8 heteroatoms. The van der Waals surface area contributed by atoms with Crippen LogP contribution in [-0.2, 0) is 15.7 Å². The monoisotopic (exact) mass is 319 g/mol. The van der Waals surface area contributed by atoms with Gasteiger partial charge in [0, 0.05) is 31.3 Å². The number of aliphatic hydroxyl groups excluding tert-OH is 1. The summed E-state index contributed by atoms with van der Waals surface area (Å²) in [6.07, 6.45) is 3.08. The number of nitrogens with zero attached hydrogens (tertiary/aromatic N) is 2. The highest BCUT2D eigenvalue weighted by molar-refractivity contribution is 7.87. The van der Waals surface area contributed by atoms with Crippen molar-refractivity contribution >= 4 is 21.5 Å². The lowest BCUT2D eigenvalue weighted by Crippen LogP contribution is -2.51. The molecule has 6 nitrogen and oxygen atoms in total. The Morgan fingerprint density at radius 1 is 1.50 bits per heavy atom. The summed E-state index contributed by atoms with van der Waals surface area (Å²) in [5.74, 6) is 0.216. The van der Waals surface area contributed by atoms with E-state index < -0.39 is 15.7 Å². The first-order valence-electron chi connectivity index (χ1n) is 6.65. The van der Waals surface area contributed by atoms with Crippen LogP contribution in [0.5, 0.6) is 0 Å². The van der Waals surface area contributed by atoms with Crippen LogP contribution in [0.25, 0.3) is 0 Å². The predicted octanol–water partition coefficient (Wildman–Crippen LogP) is 0.917. The average Bonchev–Trinajstić information content (AvgIpc) is 2.92. The molecular weight excluding hydrogens is 298 g/mol. The van der Waals surface area contributed by atoms with Crippen LogP contribution in [0.15, 0.2) is 11.6 Å². The molecular formula is C12H21N3O3S2. The minimum atomic E-state index is -3.53. The van der Waals surface area contributed by atoms with Gasteiger partial charge in [-0.2, -0.15) is 17.4 Å². The van der Waals surface area contributed by atoms with E-state index in [0.717, 1.165) is 5.01 Å². The number of hydrogen-bond acceptors (Lipinski definition) is 5. The van der Waals surface area contributed by atoms with Crippen molar-refractivity contribution < 1.29 is 13.5 Å². The molecule has 1 aromatic heterocycles. The fourth-order valence-electron chi connectivity index (χ4n) is 2.29. The van der Waals surface area contributed by atoms with Gasteiger partial charge in [-0.1, -0.05) is 0 Å². The second-order valence-electron chi connectivity index (χ2n) is 5.59. The lowest BCUT2D eigenvalue weighted by molar-refractivity contribution is 0.168. The van der Waals surface area contributed by atoms with Gasteiger partial charge in [0.2, 0.25) is 0 Å². The van der Waals surface area contributed by atoms with Crippen LogP contribution in [0.4, 0.5) is 0 Å². The fraction of sp³-hybridized carbons (Fsp3) is 0.750. The molecule has 0 unspecified atom stereocenters. The van der Waals surface area contributed by atoms with Gasteiger partial charge < -0.3 is 5.11 Å². The molecule has 1 aliphatic heterocycles. The quantitative estimate of drug-likeness (QED) is 0.845. The van der Waals surface area contributed by atoms with Crippen molar-refractivity contribution in [2.45, 2.75) is 32.2 Å². The minimum absolute atomic E-state index is 0.131. The van der Waals surface area contributed by atoms with Gasteiger partial charge in [0.05, 0.1) is 5.54 Å². The summed E-state index contributed by atoms with van der Waals surface area (Å²) >= 11 is 1.43. The Morgan fingerprint density at radius 3 is 2.65 bits per heavy atom. The number of thiazole rings is 1. The van der Waals surface area contributed by atoms with Crippen LogP contribution in [-0.4, -0.2) is 42.5 Å². The van der Waals surface area contributed by atoms with Gasteiger partial charge in [0.25, 0.3) is 10.2 Å². The normalized spacial score (nSPS) is 19.4. The largest absolute Gasteiger partial charge is 0.396 e. The average molecular weight is 319 g/mol. The van der Waals surface area contributed by atoms with Crippen LogP contribution in [0.1, 0.15) is 31.7 Å². The third kappa shape index (κ3) is 3.56. The van der Waals surface area contributed by atoms with E-state index >= 15 is 0 Å². The molecule has 0 spiro atoms. The molecule has 2 heterocycles. The van der Waals surface area contributed by atoms with Crippen molar-refractivity contribution in [2.24, 2.45) is 5.92 Å².